The lowest BCUT2D eigenvalue weighted by atomic mass is 10.1. The molecule has 0 aliphatic heterocycles. The first-order chi connectivity index (χ1) is 7.15. The summed E-state index contributed by atoms with van der Waals surface area (Å²) in [5.74, 6) is 6.55. The Hall–Kier alpha value is -0.780. The number of halogens is 1. The first-order valence-electron chi connectivity index (χ1n) is 4.37. The van der Waals surface area contributed by atoms with Gasteiger partial charge in [-0.15, -0.1) is 0 Å². The third-order valence-corrected chi connectivity index (χ3v) is 2.73. The Bertz CT molecular complexity index is 355. The van der Waals surface area contributed by atoms with E-state index < -0.39 is 0 Å². The summed E-state index contributed by atoms with van der Waals surface area (Å²) in [6.07, 6.45) is 0. The number of hydrogen-bond acceptors (Lipinski definition) is 4. The second-order valence-electron chi connectivity index (χ2n) is 3.02. The van der Waals surface area contributed by atoms with Crippen LogP contribution in [0.2, 0.25) is 0 Å². The third-order valence-electron chi connectivity index (χ3n) is 2.14. The van der Waals surface area contributed by atoms with Crippen LogP contribution >= 0.6 is 15.9 Å². The van der Waals surface area contributed by atoms with Crippen molar-refractivity contribution < 1.29 is 14.3 Å². The maximum Gasteiger partial charge on any atom is 0.139 e. The van der Waals surface area contributed by atoms with Crippen LogP contribution < -0.4 is 15.4 Å². The molecule has 0 radical (unpaired) electrons. The molecule has 0 heterocycles. The topological polar surface area (TPSA) is 53.7 Å². The predicted octanol–water partition coefficient (Wildman–Crippen LogP) is 2.17. The van der Waals surface area contributed by atoms with Crippen LogP contribution in [0, 0.1) is 6.92 Å². The van der Waals surface area contributed by atoms with Gasteiger partial charge in [0, 0.05) is 11.1 Å². The van der Waals surface area contributed by atoms with Crippen molar-refractivity contribution in [2.45, 2.75) is 13.5 Å². The lowest BCUT2D eigenvalue weighted by molar-refractivity contribution is 0.122. The smallest absolute Gasteiger partial charge is 0.139 e. The van der Waals surface area contributed by atoms with Crippen LogP contribution in [0.5, 0.6) is 11.5 Å². The second-order valence-corrected chi connectivity index (χ2v) is 3.87. The van der Waals surface area contributed by atoms with Crippen molar-refractivity contribution in [1.29, 1.82) is 0 Å². The van der Waals surface area contributed by atoms with Crippen LogP contribution in [0.1, 0.15) is 11.1 Å². The van der Waals surface area contributed by atoms with E-state index in [1.54, 1.807) is 14.2 Å². The van der Waals surface area contributed by atoms with Gasteiger partial charge >= 0.3 is 0 Å². The molecule has 1 aromatic carbocycles. The minimum Gasteiger partial charge on any atom is -0.496 e. The Morgan fingerprint density at radius 3 is 2.33 bits per heavy atom. The van der Waals surface area contributed by atoms with Crippen molar-refractivity contribution in [2.24, 2.45) is 5.90 Å². The fraction of sp³-hybridized carbons (Fsp3) is 0.400. The van der Waals surface area contributed by atoms with Gasteiger partial charge in [-0.2, -0.15) is 0 Å². The van der Waals surface area contributed by atoms with E-state index in [4.69, 9.17) is 15.4 Å². The molecule has 1 aromatic rings. The third kappa shape index (κ3) is 2.42. The molecule has 5 heteroatoms. The van der Waals surface area contributed by atoms with Crippen LogP contribution in [-0.4, -0.2) is 14.2 Å². The number of rotatable bonds is 4. The Morgan fingerprint density at radius 1 is 1.27 bits per heavy atom. The van der Waals surface area contributed by atoms with Gasteiger partial charge in [-0.05, 0) is 28.9 Å². The van der Waals surface area contributed by atoms with Crippen LogP contribution in [0.4, 0.5) is 0 Å². The van der Waals surface area contributed by atoms with Crippen LogP contribution in [0.3, 0.4) is 0 Å². The van der Waals surface area contributed by atoms with E-state index >= 15 is 0 Å². The molecule has 0 spiro atoms. The Morgan fingerprint density at radius 2 is 1.87 bits per heavy atom. The average Bonchev–Trinajstić information content (AvgIpc) is 2.19. The Labute approximate surface area is 97.4 Å². The van der Waals surface area contributed by atoms with Crippen LogP contribution in [-0.2, 0) is 11.4 Å². The molecule has 0 atom stereocenters. The summed E-state index contributed by atoms with van der Waals surface area (Å²) in [5, 5.41) is 0. The molecule has 1 rings (SSSR count). The molecule has 0 saturated carbocycles. The highest BCUT2D eigenvalue weighted by Crippen LogP contribution is 2.38. The van der Waals surface area contributed by atoms with Gasteiger partial charge in [0.15, 0.2) is 0 Å². The number of benzene rings is 1. The summed E-state index contributed by atoms with van der Waals surface area (Å²) in [4.78, 5) is 4.61. The van der Waals surface area contributed by atoms with Crippen LogP contribution in [0.25, 0.3) is 0 Å². The number of hydrogen-bond donors (Lipinski definition) is 1. The fourth-order valence-corrected chi connectivity index (χ4v) is 2.27. The second kappa shape index (κ2) is 5.34. The molecule has 0 amide bonds. The molecule has 2 N–H and O–H groups in total. The lowest BCUT2D eigenvalue weighted by Gasteiger charge is -2.15. The molecular weight excluding hydrogens is 262 g/mol. The highest BCUT2D eigenvalue weighted by molar-refractivity contribution is 9.10. The zero-order chi connectivity index (χ0) is 11.4. The fourth-order valence-electron chi connectivity index (χ4n) is 1.54. The van der Waals surface area contributed by atoms with Gasteiger partial charge in [-0.1, -0.05) is 0 Å². The van der Waals surface area contributed by atoms with Gasteiger partial charge in [0.1, 0.15) is 11.5 Å². The first-order valence-corrected chi connectivity index (χ1v) is 5.16. The zero-order valence-corrected chi connectivity index (χ0v) is 10.6. The minimum absolute atomic E-state index is 0.298. The highest BCUT2D eigenvalue weighted by atomic mass is 79.9. The summed E-state index contributed by atoms with van der Waals surface area (Å²) in [6.45, 7) is 2.22. The van der Waals surface area contributed by atoms with E-state index in [-0.39, 0.29) is 0 Å². The molecule has 0 unspecified atom stereocenters. The summed E-state index contributed by atoms with van der Waals surface area (Å²) in [7, 11) is 3.22. The van der Waals surface area contributed by atoms with Gasteiger partial charge in [-0.25, -0.2) is 5.90 Å². The lowest BCUT2D eigenvalue weighted by Crippen LogP contribution is -2.03. The monoisotopic (exact) mass is 275 g/mol. The Balaban J connectivity index is 3.30. The minimum atomic E-state index is 0.298. The van der Waals surface area contributed by atoms with Crippen molar-refractivity contribution in [3.8, 4) is 11.5 Å². The number of ether oxygens (including phenoxy) is 2. The molecular formula is C10H14BrNO3. The number of nitrogens with two attached hydrogens (primary N) is 1. The summed E-state index contributed by atoms with van der Waals surface area (Å²) >= 11 is 3.41. The van der Waals surface area contributed by atoms with E-state index in [9.17, 15) is 0 Å². The molecule has 4 nitrogen and oxygen atoms in total. The quantitative estimate of drug-likeness (QED) is 0.856. The zero-order valence-electron chi connectivity index (χ0n) is 8.96. The van der Waals surface area contributed by atoms with Crippen molar-refractivity contribution in [3.63, 3.8) is 0 Å². The maximum absolute atomic E-state index is 5.29. The van der Waals surface area contributed by atoms with Crippen molar-refractivity contribution in [3.05, 3.63) is 21.7 Å². The van der Waals surface area contributed by atoms with Crippen LogP contribution in [0.15, 0.2) is 10.5 Å². The van der Waals surface area contributed by atoms with E-state index in [0.717, 1.165) is 27.1 Å². The normalized spacial score (nSPS) is 10.2. The first kappa shape index (κ1) is 12.3. The highest BCUT2D eigenvalue weighted by Gasteiger charge is 2.14. The van der Waals surface area contributed by atoms with Crippen molar-refractivity contribution in [1.82, 2.24) is 0 Å². The predicted molar refractivity (Wildman–Crippen MR) is 61.0 cm³/mol. The van der Waals surface area contributed by atoms with Gasteiger partial charge in [0.2, 0.25) is 0 Å². The average molecular weight is 276 g/mol. The molecule has 0 fully saturated rings. The van der Waals surface area contributed by atoms with E-state index in [1.165, 1.54) is 0 Å². The van der Waals surface area contributed by atoms with E-state index in [1.807, 2.05) is 13.0 Å². The van der Waals surface area contributed by atoms with Gasteiger partial charge in [0.05, 0.1) is 25.3 Å². The standard InChI is InChI=1S/C10H14BrNO3/c1-6-9(13-2)7(5-15-12)4-8(11)10(6)14-3/h4H,5,12H2,1-3H3. The molecule has 0 aliphatic carbocycles. The largest absolute Gasteiger partial charge is 0.496 e. The molecule has 84 valence electrons. The molecule has 0 bridgehead atoms. The summed E-state index contributed by atoms with van der Waals surface area (Å²) in [6, 6.07) is 1.87. The van der Waals surface area contributed by atoms with Gasteiger partial charge < -0.3 is 9.47 Å². The SMILES string of the molecule is COc1c(Br)cc(CON)c(OC)c1C. The molecule has 0 aromatic heterocycles. The summed E-state index contributed by atoms with van der Waals surface area (Å²) < 4.78 is 11.4. The molecule has 0 saturated heterocycles. The van der Waals surface area contributed by atoms with Gasteiger partial charge in [-0.3, -0.25) is 4.84 Å². The van der Waals surface area contributed by atoms with E-state index in [2.05, 4.69) is 20.8 Å². The van der Waals surface area contributed by atoms with Crippen molar-refractivity contribution >= 4 is 15.9 Å². The van der Waals surface area contributed by atoms with E-state index in [0.29, 0.717) is 6.61 Å². The van der Waals surface area contributed by atoms with Gasteiger partial charge in [0.25, 0.3) is 0 Å². The molecule has 15 heavy (non-hydrogen) atoms. The maximum atomic E-state index is 5.29. The Kier molecular flexibility index (Phi) is 4.38. The summed E-state index contributed by atoms with van der Waals surface area (Å²) in [5.41, 5.74) is 1.80. The molecule has 0 aliphatic rings. The number of methoxy groups -OCH3 is 2. The van der Waals surface area contributed by atoms with Crippen molar-refractivity contribution in [2.75, 3.05) is 14.2 Å².